The molecule has 0 aliphatic heterocycles. The van der Waals surface area contributed by atoms with Gasteiger partial charge in [-0.15, -0.1) is 0 Å². The zero-order valence-corrected chi connectivity index (χ0v) is 6.41. The average Bonchev–Trinajstić information content (AvgIpc) is 2.04. The maximum Gasteiger partial charge on any atom is 0.177 e. The van der Waals surface area contributed by atoms with Crippen LogP contribution < -0.4 is 0 Å². The van der Waals surface area contributed by atoms with Crippen LogP contribution in [0.5, 0.6) is 0 Å². The highest BCUT2D eigenvalue weighted by atomic mass is 14.9. The van der Waals surface area contributed by atoms with Crippen LogP contribution in [0.2, 0.25) is 0 Å². The molecule has 11 heavy (non-hydrogen) atoms. The smallest absolute Gasteiger partial charge is 0.177 e. The standard InChI is InChI=1S/C8H9N3/c1-6-4-5-7(9-2)8(10-3)11-6/h4-5H,2-3H2,1H3. The predicted molar refractivity (Wildman–Crippen MR) is 47.4 cm³/mol. The van der Waals surface area contributed by atoms with Gasteiger partial charge in [0.05, 0.1) is 0 Å². The van der Waals surface area contributed by atoms with Crippen molar-refractivity contribution >= 4 is 24.9 Å². The Bertz CT molecular complexity index is 291. The maximum atomic E-state index is 4.10. The van der Waals surface area contributed by atoms with Crippen molar-refractivity contribution in [3.8, 4) is 0 Å². The number of aryl methyl sites for hydroxylation is 1. The topological polar surface area (TPSA) is 37.6 Å². The summed E-state index contributed by atoms with van der Waals surface area (Å²) in [6, 6.07) is 3.68. The van der Waals surface area contributed by atoms with E-state index in [4.69, 9.17) is 0 Å². The van der Waals surface area contributed by atoms with E-state index in [1.54, 1.807) is 0 Å². The van der Waals surface area contributed by atoms with Crippen molar-refractivity contribution in [2.24, 2.45) is 9.98 Å². The van der Waals surface area contributed by atoms with Crippen LogP contribution in [0, 0.1) is 6.92 Å². The summed E-state index contributed by atoms with van der Waals surface area (Å²) in [6.45, 7) is 8.66. The summed E-state index contributed by atoms with van der Waals surface area (Å²) < 4.78 is 0. The highest BCUT2D eigenvalue weighted by Crippen LogP contribution is 2.23. The Labute approximate surface area is 65.5 Å². The fourth-order valence-corrected chi connectivity index (χ4v) is 0.775. The van der Waals surface area contributed by atoms with E-state index in [1.807, 2.05) is 19.1 Å². The highest BCUT2D eigenvalue weighted by Gasteiger charge is 1.97. The number of hydrogen-bond acceptors (Lipinski definition) is 3. The van der Waals surface area contributed by atoms with E-state index in [-0.39, 0.29) is 0 Å². The van der Waals surface area contributed by atoms with Crippen LogP contribution >= 0.6 is 0 Å². The Hall–Kier alpha value is -1.51. The first kappa shape index (κ1) is 7.60. The van der Waals surface area contributed by atoms with E-state index >= 15 is 0 Å². The highest BCUT2D eigenvalue weighted by molar-refractivity contribution is 5.62. The molecule has 0 N–H and O–H groups in total. The van der Waals surface area contributed by atoms with Crippen LogP contribution in [0.4, 0.5) is 11.5 Å². The van der Waals surface area contributed by atoms with Gasteiger partial charge in [0.25, 0.3) is 0 Å². The van der Waals surface area contributed by atoms with Crippen molar-refractivity contribution in [1.82, 2.24) is 4.98 Å². The van der Waals surface area contributed by atoms with Crippen LogP contribution in [-0.2, 0) is 0 Å². The second-order valence-corrected chi connectivity index (χ2v) is 2.11. The van der Waals surface area contributed by atoms with Gasteiger partial charge in [-0.25, -0.2) is 9.98 Å². The van der Waals surface area contributed by atoms with Crippen LogP contribution in [0.25, 0.3) is 0 Å². The first-order valence-electron chi connectivity index (χ1n) is 3.19. The summed E-state index contributed by atoms with van der Waals surface area (Å²) in [5, 5.41) is 0. The molecule has 0 radical (unpaired) electrons. The van der Waals surface area contributed by atoms with Gasteiger partial charge in [-0.05, 0) is 32.5 Å². The number of pyridine rings is 1. The van der Waals surface area contributed by atoms with Gasteiger partial charge in [-0.2, -0.15) is 0 Å². The lowest BCUT2D eigenvalue weighted by Gasteiger charge is -1.97. The molecule has 0 aliphatic carbocycles. The molecule has 0 bridgehead atoms. The molecule has 3 nitrogen and oxygen atoms in total. The lowest BCUT2D eigenvalue weighted by molar-refractivity contribution is 1.18. The Kier molecular flexibility index (Phi) is 2.11. The minimum absolute atomic E-state index is 0.542. The van der Waals surface area contributed by atoms with Crippen molar-refractivity contribution in [3.63, 3.8) is 0 Å². The van der Waals surface area contributed by atoms with E-state index in [0.29, 0.717) is 11.5 Å². The van der Waals surface area contributed by atoms with Gasteiger partial charge in [-0.1, -0.05) is 0 Å². The van der Waals surface area contributed by atoms with E-state index in [0.717, 1.165) is 5.69 Å². The van der Waals surface area contributed by atoms with Gasteiger partial charge < -0.3 is 0 Å². The number of aliphatic imine (C=N–C) groups is 2. The molecule has 1 aromatic rings. The molecule has 0 spiro atoms. The Morgan fingerprint density at radius 1 is 1.27 bits per heavy atom. The number of hydrogen-bond donors (Lipinski definition) is 0. The molecule has 0 aliphatic rings. The van der Waals surface area contributed by atoms with Crippen LogP contribution in [0.15, 0.2) is 22.1 Å². The zero-order valence-electron chi connectivity index (χ0n) is 6.41. The van der Waals surface area contributed by atoms with Crippen molar-refractivity contribution in [2.75, 3.05) is 0 Å². The first-order valence-corrected chi connectivity index (χ1v) is 3.19. The summed E-state index contributed by atoms with van der Waals surface area (Å²) in [7, 11) is 0. The maximum absolute atomic E-state index is 4.10. The molecule has 1 rings (SSSR count). The second kappa shape index (κ2) is 3.05. The third-order valence-electron chi connectivity index (χ3n) is 1.31. The number of nitrogens with zero attached hydrogens (tertiary/aromatic N) is 3. The quantitative estimate of drug-likeness (QED) is 0.590. The van der Waals surface area contributed by atoms with Crippen molar-refractivity contribution in [2.45, 2.75) is 6.92 Å². The molecule has 56 valence electrons. The molecule has 0 fully saturated rings. The number of aromatic nitrogens is 1. The van der Waals surface area contributed by atoms with Gasteiger partial charge in [0.15, 0.2) is 5.82 Å². The fraction of sp³-hybridized carbons (Fsp3) is 0.125. The van der Waals surface area contributed by atoms with E-state index < -0.39 is 0 Å². The second-order valence-electron chi connectivity index (χ2n) is 2.11. The summed E-state index contributed by atoms with van der Waals surface area (Å²) >= 11 is 0. The van der Waals surface area contributed by atoms with Crippen molar-refractivity contribution < 1.29 is 0 Å². The minimum Gasteiger partial charge on any atom is -0.261 e. The van der Waals surface area contributed by atoms with Gasteiger partial charge in [-0.3, -0.25) is 4.99 Å². The SMILES string of the molecule is C=Nc1ccc(C)nc1N=C. The van der Waals surface area contributed by atoms with Gasteiger partial charge in [0.2, 0.25) is 0 Å². The Morgan fingerprint density at radius 2 is 2.00 bits per heavy atom. The summed E-state index contributed by atoms with van der Waals surface area (Å²) in [5.74, 6) is 0.542. The molecule has 0 saturated carbocycles. The Balaban J connectivity index is 3.26. The van der Waals surface area contributed by atoms with Crippen LogP contribution in [0.1, 0.15) is 5.69 Å². The molecule has 0 atom stereocenters. The molecule has 0 amide bonds. The average molecular weight is 147 g/mol. The lowest BCUT2D eigenvalue weighted by atomic mass is 10.3. The molecule has 3 heteroatoms. The normalized spacial score (nSPS) is 9.18. The molecular formula is C8H9N3. The van der Waals surface area contributed by atoms with Crippen molar-refractivity contribution in [1.29, 1.82) is 0 Å². The molecule has 0 aromatic carbocycles. The summed E-state index contributed by atoms with van der Waals surface area (Å²) in [6.07, 6.45) is 0. The van der Waals surface area contributed by atoms with E-state index in [1.165, 1.54) is 0 Å². The zero-order chi connectivity index (χ0) is 8.27. The molecule has 1 aromatic heterocycles. The van der Waals surface area contributed by atoms with E-state index in [9.17, 15) is 0 Å². The molecule has 0 saturated heterocycles. The predicted octanol–water partition coefficient (Wildman–Crippen LogP) is 2.05. The third-order valence-corrected chi connectivity index (χ3v) is 1.31. The lowest BCUT2D eigenvalue weighted by Crippen LogP contribution is -1.79. The fourth-order valence-electron chi connectivity index (χ4n) is 0.775. The molecule has 1 heterocycles. The Morgan fingerprint density at radius 3 is 2.55 bits per heavy atom. The molecule has 0 unspecified atom stereocenters. The summed E-state index contributed by atoms with van der Waals surface area (Å²) in [4.78, 5) is 11.5. The monoisotopic (exact) mass is 147 g/mol. The van der Waals surface area contributed by atoms with Gasteiger partial charge in [0.1, 0.15) is 5.69 Å². The van der Waals surface area contributed by atoms with Crippen molar-refractivity contribution in [3.05, 3.63) is 17.8 Å². The first-order chi connectivity index (χ1) is 5.27. The number of rotatable bonds is 2. The van der Waals surface area contributed by atoms with Gasteiger partial charge >= 0.3 is 0 Å². The third kappa shape index (κ3) is 1.49. The van der Waals surface area contributed by atoms with Crippen LogP contribution in [0.3, 0.4) is 0 Å². The van der Waals surface area contributed by atoms with Crippen LogP contribution in [-0.4, -0.2) is 18.4 Å². The molecular weight excluding hydrogens is 138 g/mol. The minimum atomic E-state index is 0.542. The summed E-state index contributed by atoms with van der Waals surface area (Å²) in [5.41, 5.74) is 1.57. The van der Waals surface area contributed by atoms with E-state index in [2.05, 4.69) is 28.4 Å². The van der Waals surface area contributed by atoms with Gasteiger partial charge in [0, 0.05) is 5.69 Å². The largest absolute Gasteiger partial charge is 0.261 e.